The summed E-state index contributed by atoms with van der Waals surface area (Å²) in [4.78, 5) is 15.8. The summed E-state index contributed by atoms with van der Waals surface area (Å²) < 4.78 is 10.4. The first-order chi connectivity index (χ1) is 8.26. The second-order valence-electron chi connectivity index (χ2n) is 5.62. The van der Waals surface area contributed by atoms with Crippen molar-refractivity contribution in [1.29, 1.82) is 0 Å². The van der Waals surface area contributed by atoms with Gasteiger partial charge in [-0.1, -0.05) is 0 Å². The number of ether oxygens (including phenoxy) is 2. The van der Waals surface area contributed by atoms with Crippen molar-refractivity contribution in [3.05, 3.63) is 0 Å². The van der Waals surface area contributed by atoms with Gasteiger partial charge in [-0.2, -0.15) is 0 Å². The molecular formula is C13H28N2O3. The molecule has 18 heavy (non-hydrogen) atoms. The standard InChI is InChI=1S/C13H28N2O3/c1-13(2,3)18-12(16)15(10-11-17-6)9-7-8-14(4)5/h7-11H2,1-6H3. The SMILES string of the molecule is COCCN(CCCN(C)C)C(=O)OC(C)(C)C. The summed E-state index contributed by atoms with van der Waals surface area (Å²) in [6, 6.07) is 0. The molecule has 0 aromatic heterocycles. The summed E-state index contributed by atoms with van der Waals surface area (Å²) in [5.74, 6) is 0. The highest BCUT2D eigenvalue weighted by molar-refractivity contribution is 5.68. The fourth-order valence-corrected chi connectivity index (χ4v) is 1.40. The van der Waals surface area contributed by atoms with Crippen molar-refractivity contribution in [2.45, 2.75) is 32.8 Å². The third-order valence-electron chi connectivity index (χ3n) is 2.25. The van der Waals surface area contributed by atoms with Gasteiger partial charge < -0.3 is 19.3 Å². The van der Waals surface area contributed by atoms with E-state index in [2.05, 4.69) is 4.90 Å². The molecule has 0 fully saturated rings. The van der Waals surface area contributed by atoms with Crippen LogP contribution in [0.5, 0.6) is 0 Å². The van der Waals surface area contributed by atoms with E-state index in [9.17, 15) is 4.79 Å². The second kappa shape index (κ2) is 8.32. The Morgan fingerprint density at radius 1 is 1.11 bits per heavy atom. The van der Waals surface area contributed by atoms with Crippen LogP contribution >= 0.6 is 0 Å². The van der Waals surface area contributed by atoms with Crippen LogP contribution in [0.15, 0.2) is 0 Å². The molecule has 0 aliphatic heterocycles. The Kier molecular flexibility index (Phi) is 7.95. The number of amides is 1. The third kappa shape index (κ3) is 9.24. The minimum absolute atomic E-state index is 0.265. The van der Waals surface area contributed by atoms with Gasteiger partial charge in [0.2, 0.25) is 0 Å². The summed E-state index contributed by atoms with van der Waals surface area (Å²) in [5, 5.41) is 0. The number of hydrogen-bond donors (Lipinski definition) is 0. The molecule has 0 radical (unpaired) electrons. The summed E-state index contributed by atoms with van der Waals surface area (Å²) in [5.41, 5.74) is -0.454. The second-order valence-corrected chi connectivity index (χ2v) is 5.62. The van der Waals surface area contributed by atoms with Gasteiger partial charge in [0, 0.05) is 20.2 Å². The van der Waals surface area contributed by atoms with Crippen LogP contribution in [0.3, 0.4) is 0 Å². The minimum Gasteiger partial charge on any atom is -0.444 e. The van der Waals surface area contributed by atoms with E-state index in [1.54, 1.807) is 12.0 Å². The molecule has 5 heteroatoms. The molecule has 0 unspecified atom stereocenters. The molecule has 0 heterocycles. The van der Waals surface area contributed by atoms with Crippen LogP contribution in [-0.2, 0) is 9.47 Å². The molecule has 1 amide bonds. The molecule has 0 aromatic carbocycles. The van der Waals surface area contributed by atoms with Crippen LogP contribution in [0.2, 0.25) is 0 Å². The molecule has 0 spiro atoms. The van der Waals surface area contributed by atoms with Crippen molar-refractivity contribution < 1.29 is 14.3 Å². The summed E-state index contributed by atoms with van der Waals surface area (Å²) in [7, 11) is 5.67. The molecular weight excluding hydrogens is 232 g/mol. The van der Waals surface area contributed by atoms with Gasteiger partial charge >= 0.3 is 6.09 Å². The van der Waals surface area contributed by atoms with Crippen molar-refractivity contribution in [1.82, 2.24) is 9.80 Å². The first-order valence-corrected chi connectivity index (χ1v) is 6.38. The first kappa shape index (κ1) is 17.2. The van der Waals surface area contributed by atoms with Gasteiger partial charge in [0.1, 0.15) is 5.60 Å². The summed E-state index contributed by atoms with van der Waals surface area (Å²) in [6.45, 7) is 8.36. The van der Waals surface area contributed by atoms with Crippen LogP contribution < -0.4 is 0 Å². The topological polar surface area (TPSA) is 42.0 Å². The lowest BCUT2D eigenvalue weighted by atomic mass is 10.2. The molecule has 0 aliphatic rings. The van der Waals surface area contributed by atoms with Gasteiger partial charge in [0.25, 0.3) is 0 Å². The monoisotopic (exact) mass is 260 g/mol. The Hall–Kier alpha value is -0.810. The highest BCUT2D eigenvalue weighted by Crippen LogP contribution is 2.10. The maximum absolute atomic E-state index is 12.0. The fourth-order valence-electron chi connectivity index (χ4n) is 1.40. The third-order valence-corrected chi connectivity index (χ3v) is 2.25. The lowest BCUT2D eigenvalue weighted by Gasteiger charge is -2.27. The molecule has 0 bridgehead atoms. The molecule has 0 saturated carbocycles. The average molecular weight is 260 g/mol. The largest absolute Gasteiger partial charge is 0.444 e. The molecule has 0 N–H and O–H groups in total. The number of rotatable bonds is 7. The Morgan fingerprint density at radius 2 is 1.72 bits per heavy atom. The van der Waals surface area contributed by atoms with Crippen LogP contribution in [0.1, 0.15) is 27.2 Å². The van der Waals surface area contributed by atoms with E-state index >= 15 is 0 Å². The zero-order valence-corrected chi connectivity index (χ0v) is 12.7. The van der Waals surface area contributed by atoms with E-state index < -0.39 is 5.60 Å². The zero-order chi connectivity index (χ0) is 14.2. The van der Waals surface area contributed by atoms with E-state index in [4.69, 9.17) is 9.47 Å². The molecule has 108 valence electrons. The zero-order valence-electron chi connectivity index (χ0n) is 12.7. The van der Waals surface area contributed by atoms with Gasteiger partial charge in [-0.05, 0) is 47.8 Å². The quantitative estimate of drug-likeness (QED) is 0.700. The maximum Gasteiger partial charge on any atom is 0.410 e. The van der Waals surface area contributed by atoms with E-state index in [0.29, 0.717) is 19.7 Å². The van der Waals surface area contributed by atoms with Gasteiger partial charge in [0.15, 0.2) is 0 Å². The summed E-state index contributed by atoms with van der Waals surface area (Å²) in [6.07, 6.45) is 0.661. The number of methoxy groups -OCH3 is 1. The van der Waals surface area contributed by atoms with Crippen molar-refractivity contribution in [2.24, 2.45) is 0 Å². The van der Waals surface area contributed by atoms with E-state index in [0.717, 1.165) is 13.0 Å². The number of nitrogens with zero attached hydrogens (tertiary/aromatic N) is 2. The molecule has 0 aliphatic carbocycles. The number of hydrogen-bond acceptors (Lipinski definition) is 4. The smallest absolute Gasteiger partial charge is 0.410 e. The average Bonchev–Trinajstić information content (AvgIpc) is 2.19. The highest BCUT2D eigenvalue weighted by Gasteiger charge is 2.21. The van der Waals surface area contributed by atoms with Crippen LogP contribution in [0.4, 0.5) is 4.79 Å². The fraction of sp³-hybridized carbons (Fsp3) is 0.923. The summed E-state index contributed by atoms with van der Waals surface area (Å²) >= 11 is 0. The van der Waals surface area contributed by atoms with E-state index in [-0.39, 0.29) is 6.09 Å². The van der Waals surface area contributed by atoms with Gasteiger partial charge in [0.05, 0.1) is 6.61 Å². The Bertz CT molecular complexity index is 237. The lowest BCUT2D eigenvalue weighted by molar-refractivity contribution is 0.0196. The highest BCUT2D eigenvalue weighted by atomic mass is 16.6. The van der Waals surface area contributed by atoms with Crippen molar-refractivity contribution in [3.63, 3.8) is 0 Å². The van der Waals surface area contributed by atoms with Gasteiger partial charge in [-0.25, -0.2) is 4.79 Å². The Morgan fingerprint density at radius 3 is 2.17 bits per heavy atom. The molecule has 0 atom stereocenters. The predicted octanol–water partition coefficient (Wildman–Crippen LogP) is 1.82. The van der Waals surface area contributed by atoms with Crippen molar-refractivity contribution in [3.8, 4) is 0 Å². The molecule has 0 saturated heterocycles. The van der Waals surface area contributed by atoms with E-state index in [1.807, 2.05) is 34.9 Å². The number of carbonyl (C=O) groups is 1. The van der Waals surface area contributed by atoms with Crippen LogP contribution in [0.25, 0.3) is 0 Å². The molecule has 0 aromatic rings. The first-order valence-electron chi connectivity index (χ1n) is 6.38. The van der Waals surface area contributed by atoms with Gasteiger partial charge in [-0.3, -0.25) is 0 Å². The normalized spacial score (nSPS) is 11.7. The van der Waals surface area contributed by atoms with E-state index in [1.165, 1.54) is 0 Å². The van der Waals surface area contributed by atoms with Crippen LogP contribution in [0, 0.1) is 0 Å². The number of carbonyl (C=O) groups excluding carboxylic acids is 1. The lowest BCUT2D eigenvalue weighted by Crippen LogP contribution is -2.39. The van der Waals surface area contributed by atoms with Gasteiger partial charge in [-0.15, -0.1) is 0 Å². The van der Waals surface area contributed by atoms with Crippen molar-refractivity contribution >= 4 is 6.09 Å². The Balaban J connectivity index is 4.24. The maximum atomic E-state index is 12.0. The molecule has 5 nitrogen and oxygen atoms in total. The Labute approximate surface area is 111 Å². The minimum atomic E-state index is -0.454. The van der Waals surface area contributed by atoms with Crippen LogP contribution in [-0.4, -0.2) is 68.9 Å². The van der Waals surface area contributed by atoms with Crippen molar-refractivity contribution in [2.75, 3.05) is 47.4 Å². The molecule has 0 rings (SSSR count). The predicted molar refractivity (Wildman–Crippen MR) is 72.9 cm³/mol.